The average molecular weight is 296 g/mol. The molecule has 7 heteroatoms. The molecule has 0 unspecified atom stereocenters. The topological polar surface area (TPSA) is 75.7 Å². The number of thiophene rings is 1. The predicted molar refractivity (Wildman–Crippen MR) is 73.4 cm³/mol. The minimum Gasteiger partial charge on any atom is -0.454 e. The van der Waals surface area contributed by atoms with Crippen molar-refractivity contribution in [3.8, 4) is 0 Å². The Morgan fingerprint density at radius 1 is 1.30 bits per heavy atom. The van der Waals surface area contributed by atoms with Crippen LogP contribution >= 0.6 is 11.3 Å². The molecule has 0 aliphatic carbocycles. The molecule has 2 amide bonds. The van der Waals surface area contributed by atoms with Gasteiger partial charge in [0.2, 0.25) is 0 Å². The molecule has 20 heavy (non-hydrogen) atoms. The third-order valence-electron chi connectivity index (χ3n) is 2.95. The fourth-order valence-electron chi connectivity index (χ4n) is 1.90. The van der Waals surface area contributed by atoms with Crippen LogP contribution in [0.15, 0.2) is 17.5 Å². The molecule has 1 aliphatic heterocycles. The first-order chi connectivity index (χ1) is 9.66. The fraction of sp³-hybridized carbons (Fsp3) is 0.462. The molecular formula is C13H16N2O4S. The number of likely N-dealkylation sites (tertiary alicyclic amines) is 1. The Morgan fingerprint density at radius 2 is 2.05 bits per heavy atom. The van der Waals surface area contributed by atoms with Crippen LogP contribution in [0, 0.1) is 0 Å². The van der Waals surface area contributed by atoms with E-state index < -0.39 is 5.97 Å². The standard InChI is InChI=1S/C13H16N2O4S/c16-11(15-5-1-2-6-15)9-19-12(17)8-14-13(18)10-4-3-7-20-10/h3-4,7H,1-2,5-6,8-9H2,(H,14,18). The Bertz CT molecular complexity index is 481. The maximum Gasteiger partial charge on any atom is 0.325 e. The third kappa shape index (κ3) is 4.06. The number of carbonyl (C=O) groups is 3. The second-order valence-corrected chi connectivity index (χ2v) is 5.36. The number of hydrogen-bond acceptors (Lipinski definition) is 5. The maximum absolute atomic E-state index is 11.6. The van der Waals surface area contributed by atoms with Gasteiger partial charge in [-0.05, 0) is 24.3 Å². The minimum absolute atomic E-state index is 0.180. The van der Waals surface area contributed by atoms with E-state index in [1.807, 2.05) is 0 Å². The average Bonchev–Trinajstić information content (AvgIpc) is 3.14. The SMILES string of the molecule is O=C(CNC(=O)c1cccs1)OCC(=O)N1CCCC1. The van der Waals surface area contributed by atoms with E-state index in [2.05, 4.69) is 5.32 Å². The number of carbonyl (C=O) groups excluding carboxylic acids is 3. The molecule has 0 atom stereocenters. The van der Waals surface area contributed by atoms with Crippen molar-refractivity contribution in [2.45, 2.75) is 12.8 Å². The van der Waals surface area contributed by atoms with E-state index >= 15 is 0 Å². The van der Waals surface area contributed by atoms with E-state index in [9.17, 15) is 14.4 Å². The van der Waals surface area contributed by atoms with Gasteiger partial charge in [0.1, 0.15) is 6.54 Å². The normalized spacial score (nSPS) is 14.1. The van der Waals surface area contributed by atoms with Crippen molar-refractivity contribution in [1.82, 2.24) is 10.2 Å². The molecule has 1 N–H and O–H groups in total. The molecule has 108 valence electrons. The molecule has 1 aromatic heterocycles. The largest absolute Gasteiger partial charge is 0.454 e. The quantitative estimate of drug-likeness (QED) is 0.809. The Hall–Kier alpha value is -1.89. The summed E-state index contributed by atoms with van der Waals surface area (Å²) in [5.74, 6) is -1.11. The van der Waals surface area contributed by atoms with Gasteiger partial charge >= 0.3 is 5.97 Å². The smallest absolute Gasteiger partial charge is 0.325 e. The number of ether oxygens (including phenoxy) is 1. The molecule has 0 bridgehead atoms. The molecule has 1 aromatic rings. The third-order valence-corrected chi connectivity index (χ3v) is 3.82. The van der Waals surface area contributed by atoms with Crippen LogP contribution in [0.1, 0.15) is 22.5 Å². The summed E-state index contributed by atoms with van der Waals surface area (Å²) in [5.41, 5.74) is 0. The van der Waals surface area contributed by atoms with Gasteiger partial charge in [0.15, 0.2) is 6.61 Å². The number of hydrogen-bond donors (Lipinski definition) is 1. The van der Waals surface area contributed by atoms with E-state index in [1.54, 1.807) is 22.4 Å². The molecule has 6 nitrogen and oxygen atoms in total. The van der Waals surface area contributed by atoms with Gasteiger partial charge < -0.3 is 15.0 Å². The molecule has 0 radical (unpaired) electrons. The summed E-state index contributed by atoms with van der Waals surface area (Å²) in [6.07, 6.45) is 1.99. The summed E-state index contributed by atoms with van der Waals surface area (Å²) in [6, 6.07) is 3.43. The van der Waals surface area contributed by atoms with Crippen LogP contribution in [-0.4, -0.2) is 48.9 Å². The van der Waals surface area contributed by atoms with E-state index in [0.717, 1.165) is 25.9 Å². The highest BCUT2D eigenvalue weighted by Gasteiger charge is 2.19. The lowest BCUT2D eigenvalue weighted by Gasteiger charge is -2.14. The molecule has 1 saturated heterocycles. The summed E-state index contributed by atoms with van der Waals surface area (Å²) in [6.45, 7) is 0.967. The molecule has 1 aliphatic rings. The van der Waals surface area contributed by atoms with Gasteiger partial charge in [-0.2, -0.15) is 0 Å². The molecule has 2 rings (SSSR count). The van der Waals surface area contributed by atoms with Crippen LogP contribution in [0.2, 0.25) is 0 Å². The van der Waals surface area contributed by atoms with Crippen LogP contribution in [0.5, 0.6) is 0 Å². The number of esters is 1. The van der Waals surface area contributed by atoms with Crippen molar-refractivity contribution in [2.24, 2.45) is 0 Å². The number of amides is 2. The number of nitrogens with zero attached hydrogens (tertiary/aromatic N) is 1. The van der Waals surface area contributed by atoms with E-state index in [1.165, 1.54) is 11.3 Å². The molecule has 1 fully saturated rings. The molecule has 0 aromatic carbocycles. The van der Waals surface area contributed by atoms with Gasteiger partial charge in [-0.15, -0.1) is 11.3 Å². The monoisotopic (exact) mass is 296 g/mol. The van der Waals surface area contributed by atoms with Crippen LogP contribution in [0.25, 0.3) is 0 Å². The predicted octanol–water partition coefficient (Wildman–Crippen LogP) is 0.643. The second-order valence-electron chi connectivity index (χ2n) is 4.41. The Morgan fingerprint density at radius 3 is 2.70 bits per heavy atom. The van der Waals surface area contributed by atoms with Crippen molar-refractivity contribution in [1.29, 1.82) is 0 Å². The number of nitrogens with one attached hydrogen (secondary N) is 1. The summed E-state index contributed by atoms with van der Waals surface area (Å²) in [7, 11) is 0. The summed E-state index contributed by atoms with van der Waals surface area (Å²) < 4.78 is 4.84. The van der Waals surface area contributed by atoms with E-state index in [-0.39, 0.29) is 25.0 Å². The van der Waals surface area contributed by atoms with E-state index in [4.69, 9.17) is 4.74 Å². The molecule has 2 heterocycles. The molecule has 0 spiro atoms. The van der Waals surface area contributed by atoms with Gasteiger partial charge in [0.05, 0.1) is 4.88 Å². The summed E-state index contributed by atoms with van der Waals surface area (Å²) in [5, 5.41) is 4.23. The fourth-order valence-corrected chi connectivity index (χ4v) is 2.54. The van der Waals surface area contributed by atoms with Crippen molar-refractivity contribution >= 4 is 29.1 Å². The zero-order valence-electron chi connectivity index (χ0n) is 11.0. The first-order valence-corrected chi connectivity index (χ1v) is 7.30. The zero-order chi connectivity index (χ0) is 14.4. The molecule has 0 saturated carbocycles. The highest BCUT2D eigenvalue weighted by atomic mass is 32.1. The first-order valence-electron chi connectivity index (χ1n) is 6.42. The lowest BCUT2D eigenvalue weighted by Crippen LogP contribution is -2.35. The Kier molecular flexibility index (Phi) is 5.11. The Labute approximate surface area is 120 Å². The van der Waals surface area contributed by atoms with Crippen molar-refractivity contribution in [2.75, 3.05) is 26.2 Å². The lowest BCUT2D eigenvalue weighted by molar-refractivity contribution is -0.150. The number of rotatable bonds is 5. The van der Waals surface area contributed by atoms with Crippen LogP contribution in [0.3, 0.4) is 0 Å². The van der Waals surface area contributed by atoms with Gasteiger partial charge in [0, 0.05) is 13.1 Å². The van der Waals surface area contributed by atoms with Gasteiger partial charge in [0.25, 0.3) is 11.8 Å². The van der Waals surface area contributed by atoms with E-state index in [0.29, 0.717) is 4.88 Å². The highest BCUT2D eigenvalue weighted by Crippen LogP contribution is 2.08. The zero-order valence-corrected chi connectivity index (χ0v) is 11.8. The van der Waals surface area contributed by atoms with Crippen molar-refractivity contribution in [3.63, 3.8) is 0 Å². The van der Waals surface area contributed by atoms with Crippen LogP contribution in [0.4, 0.5) is 0 Å². The van der Waals surface area contributed by atoms with Crippen LogP contribution < -0.4 is 5.32 Å². The summed E-state index contributed by atoms with van der Waals surface area (Å²) >= 11 is 1.29. The van der Waals surface area contributed by atoms with Crippen LogP contribution in [-0.2, 0) is 14.3 Å². The second kappa shape index (κ2) is 7.04. The lowest BCUT2D eigenvalue weighted by atomic mass is 10.4. The Balaban J connectivity index is 1.65. The molecular weight excluding hydrogens is 280 g/mol. The highest BCUT2D eigenvalue weighted by molar-refractivity contribution is 7.12. The van der Waals surface area contributed by atoms with Gasteiger partial charge in [-0.1, -0.05) is 6.07 Å². The first kappa shape index (κ1) is 14.5. The maximum atomic E-state index is 11.6. The summed E-state index contributed by atoms with van der Waals surface area (Å²) in [4.78, 5) is 36.9. The van der Waals surface area contributed by atoms with Crippen molar-refractivity contribution < 1.29 is 19.1 Å². The van der Waals surface area contributed by atoms with Crippen molar-refractivity contribution in [3.05, 3.63) is 22.4 Å². The van der Waals surface area contributed by atoms with Gasteiger partial charge in [-0.25, -0.2) is 0 Å². The minimum atomic E-state index is -0.609. The van der Waals surface area contributed by atoms with Gasteiger partial charge in [-0.3, -0.25) is 14.4 Å².